The molecule has 15 nitrogen and oxygen atoms in total. The average Bonchev–Trinajstić information content (AvgIpc) is 3.56. The summed E-state index contributed by atoms with van der Waals surface area (Å²) in [6.07, 6.45) is 3.34. The second kappa shape index (κ2) is 19.8. The van der Waals surface area contributed by atoms with Gasteiger partial charge in [-0.15, -0.1) is 0 Å². The Hall–Kier alpha value is -4.76. The standard InChI is InChI=1S/C33H49N9O6/c34-15-4-3-12-26(31(46)40-25(13-6-16-39-33(36)37)30(45)38-17-19-48-21-28(35)43)41-32(47)27-14-7-18-42(27)29(44)20-23-10-5-9-22-8-1-2-11-24(22)23/h1-2,5,8-11,25-27H,3-4,6-7,12-21,34H2,(H2,35,43)(H,38,45)(H,40,46)(H,41,47)(H4,36,37,39). The second-order valence-electron chi connectivity index (χ2n) is 11.7. The highest BCUT2D eigenvalue weighted by atomic mass is 16.5. The summed E-state index contributed by atoms with van der Waals surface area (Å²) in [5, 5.41) is 10.3. The number of carbonyl (C=O) groups excluding carboxylic acids is 5. The zero-order chi connectivity index (χ0) is 34.9. The molecule has 0 bridgehead atoms. The van der Waals surface area contributed by atoms with E-state index < -0.39 is 41.8 Å². The Balaban J connectivity index is 1.68. The molecule has 1 fully saturated rings. The maximum Gasteiger partial charge on any atom is 0.243 e. The first kappa shape index (κ1) is 37.7. The van der Waals surface area contributed by atoms with Crippen LogP contribution in [0.3, 0.4) is 0 Å². The van der Waals surface area contributed by atoms with E-state index in [1.807, 2.05) is 42.5 Å². The van der Waals surface area contributed by atoms with Crippen molar-refractivity contribution in [1.82, 2.24) is 20.9 Å². The molecule has 2 aromatic carbocycles. The molecule has 3 unspecified atom stereocenters. The molecule has 0 aliphatic carbocycles. The summed E-state index contributed by atoms with van der Waals surface area (Å²) in [5.74, 6) is -2.34. The zero-order valence-electron chi connectivity index (χ0n) is 27.3. The number of unbranched alkanes of at least 4 members (excludes halogenated alkanes) is 1. The number of guanidine groups is 1. The van der Waals surface area contributed by atoms with Crippen molar-refractivity contribution in [1.29, 1.82) is 0 Å². The van der Waals surface area contributed by atoms with Gasteiger partial charge in [-0.05, 0) is 67.8 Å². The molecule has 1 aliphatic rings. The molecule has 0 aromatic heterocycles. The molecule has 2 aromatic rings. The summed E-state index contributed by atoms with van der Waals surface area (Å²) < 4.78 is 5.09. The number of hydrogen-bond donors (Lipinski definition) is 7. The lowest BCUT2D eigenvalue weighted by molar-refractivity contribution is -0.139. The molecule has 11 N–H and O–H groups in total. The van der Waals surface area contributed by atoms with E-state index in [1.165, 1.54) is 0 Å². The van der Waals surface area contributed by atoms with Crippen LogP contribution in [0.5, 0.6) is 0 Å². The minimum absolute atomic E-state index is 0.0399. The third-order valence-electron chi connectivity index (χ3n) is 8.05. The van der Waals surface area contributed by atoms with Crippen LogP contribution in [-0.2, 0) is 35.1 Å². The number of rotatable bonds is 20. The van der Waals surface area contributed by atoms with Crippen LogP contribution >= 0.6 is 0 Å². The summed E-state index contributed by atoms with van der Waals surface area (Å²) in [4.78, 5) is 70.2. The van der Waals surface area contributed by atoms with E-state index in [0.29, 0.717) is 45.2 Å². The quantitative estimate of drug-likeness (QED) is 0.0527. The third kappa shape index (κ3) is 12.1. The van der Waals surface area contributed by atoms with E-state index in [-0.39, 0.29) is 57.4 Å². The smallest absolute Gasteiger partial charge is 0.243 e. The predicted octanol–water partition coefficient (Wildman–Crippen LogP) is -0.856. The second-order valence-corrected chi connectivity index (χ2v) is 11.7. The Bertz CT molecular complexity index is 1430. The van der Waals surface area contributed by atoms with E-state index in [2.05, 4.69) is 20.9 Å². The lowest BCUT2D eigenvalue weighted by Gasteiger charge is -2.27. The lowest BCUT2D eigenvalue weighted by Crippen LogP contribution is -2.56. The largest absolute Gasteiger partial charge is 0.370 e. The van der Waals surface area contributed by atoms with Gasteiger partial charge < -0.3 is 48.5 Å². The summed E-state index contributed by atoms with van der Waals surface area (Å²) in [7, 11) is 0. The third-order valence-corrected chi connectivity index (χ3v) is 8.05. The first-order valence-electron chi connectivity index (χ1n) is 16.4. The zero-order valence-corrected chi connectivity index (χ0v) is 27.3. The number of likely N-dealkylation sites (tertiary alicyclic amines) is 1. The SMILES string of the molecule is NCCCCC(NC(=O)C1CCCN1C(=O)Cc1cccc2ccccc12)C(=O)NC(CCCN=C(N)N)C(=O)NCCOCC(N)=O. The van der Waals surface area contributed by atoms with Gasteiger partial charge in [0.1, 0.15) is 24.7 Å². The maximum atomic E-state index is 13.6. The van der Waals surface area contributed by atoms with Crippen LogP contribution in [0.1, 0.15) is 50.5 Å². The average molecular weight is 668 g/mol. The van der Waals surface area contributed by atoms with Crippen molar-refractivity contribution in [2.24, 2.45) is 27.9 Å². The Morgan fingerprint density at radius 3 is 2.40 bits per heavy atom. The number of carbonyl (C=O) groups is 5. The van der Waals surface area contributed by atoms with Crippen molar-refractivity contribution < 1.29 is 28.7 Å². The molecular weight excluding hydrogens is 618 g/mol. The molecule has 1 heterocycles. The summed E-state index contributed by atoms with van der Waals surface area (Å²) >= 11 is 0. The van der Waals surface area contributed by atoms with Crippen LogP contribution in [0.4, 0.5) is 0 Å². The number of aliphatic imine (C=N–C) groups is 1. The summed E-state index contributed by atoms with van der Waals surface area (Å²) in [6.45, 7) is 0.921. The fraction of sp³-hybridized carbons (Fsp3) is 0.515. The number of nitrogens with one attached hydrogen (secondary N) is 3. The summed E-state index contributed by atoms with van der Waals surface area (Å²) in [6, 6.07) is 11.0. The number of fused-ring (bicyclic) bond motifs is 1. The van der Waals surface area contributed by atoms with Crippen LogP contribution in [-0.4, -0.2) is 97.9 Å². The van der Waals surface area contributed by atoms with Gasteiger partial charge in [0, 0.05) is 19.6 Å². The molecule has 1 aliphatic heterocycles. The Morgan fingerprint density at radius 1 is 0.917 bits per heavy atom. The molecule has 5 amide bonds. The highest BCUT2D eigenvalue weighted by Gasteiger charge is 2.36. The van der Waals surface area contributed by atoms with E-state index >= 15 is 0 Å². The van der Waals surface area contributed by atoms with Crippen molar-refractivity contribution in [3.63, 3.8) is 0 Å². The van der Waals surface area contributed by atoms with Crippen LogP contribution in [0.15, 0.2) is 47.5 Å². The fourth-order valence-electron chi connectivity index (χ4n) is 5.67. The van der Waals surface area contributed by atoms with Crippen LogP contribution in [0.2, 0.25) is 0 Å². The van der Waals surface area contributed by atoms with Gasteiger partial charge in [0.2, 0.25) is 29.5 Å². The van der Waals surface area contributed by atoms with Crippen LogP contribution in [0.25, 0.3) is 10.8 Å². The van der Waals surface area contributed by atoms with Crippen molar-refractivity contribution in [3.8, 4) is 0 Å². The van der Waals surface area contributed by atoms with Gasteiger partial charge in [-0.1, -0.05) is 42.5 Å². The minimum Gasteiger partial charge on any atom is -0.370 e. The van der Waals surface area contributed by atoms with Gasteiger partial charge in [0.15, 0.2) is 5.96 Å². The molecule has 3 rings (SSSR count). The highest BCUT2D eigenvalue weighted by Crippen LogP contribution is 2.23. The summed E-state index contributed by atoms with van der Waals surface area (Å²) in [5.41, 5.74) is 22.4. The number of benzene rings is 2. The Morgan fingerprint density at radius 2 is 1.65 bits per heavy atom. The lowest BCUT2D eigenvalue weighted by atomic mass is 10.0. The van der Waals surface area contributed by atoms with E-state index in [1.54, 1.807) is 4.90 Å². The monoisotopic (exact) mass is 667 g/mol. The first-order valence-corrected chi connectivity index (χ1v) is 16.4. The van der Waals surface area contributed by atoms with Crippen molar-refractivity contribution >= 4 is 46.3 Å². The van der Waals surface area contributed by atoms with E-state index in [4.69, 9.17) is 27.7 Å². The van der Waals surface area contributed by atoms with Crippen molar-refractivity contribution in [3.05, 3.63) is 48.0 Å². The van der Waals surface area contributed by atoms with Gasteiger partial charge in [-0.2, -0.15) is 0 Å². The molecule has 0 saturated carbocycles. The predicted molar refractivity (Wildman–Crippen MR) is 182 cm³/mol. The van der Waals surface area contributed by atoms with Crippen molar-refractivity contribution in [2.75, 3.05) is 39.4 Å². The van der Waals surface area contributed by atoms with Gasteiger partial charge in [-0.25, -0.2) is 0 Å². The highest BCUT2D eigenvalue weighted by molar-refractivity contribution is 5.95. The Kier molecular flexibility index (Phi) is 15.5. The molecule has 0 spiro atoms. The first-order chi connectivity index (χ1) is 23.1. The molecule has 15 heteroatoms. The topological polar surface area (TPSA) is 250 Å². The Labute approximate surface area is 280 Å². The molecule has 1 saturated heterocycles. The van der Waals surface area contributed by atoms with Crippen molar-refractivity contribution in [2.45, 2.75) is 69.5 Å². The number of hydrogen-bond acceptors (Lipinski definition) is 8. The number of primary amides is 1. The molecule has 262 valence electrons. The molecular formula is C33H49N9O6. The fourth-order valence-corrected chi connectivity index (χ4v) is 5.67. The molecule has 3 atom stereocenters. The molecule has 48 heavy (non-hydrogen) atoms. The maximum absolute atomic E-state index is 13.6. The number of nitrogens with zero attached hydrogens (tertiary/aromatic N) is 2. The van der Waals surface area contributed by atoms with Crippen LogP contribution in [0, 0.1) is 0 Å². The normalized spacial score (nSPS) is 15.4. The van der Waals surface area contributed by atoms with Gasteiger partial charge in [-0.3, -0.25) is 29.0 Å². The van der Waals surface area contributed by atoms with Gasteiger partial charge >= 0.3 is 0 Å². The number of ether oxygens (including phenoxy) is 1. The van der Waals surface area contributed by atoms with Crippen LogP contribution < -0.4 is 38.9 Å². The number of amides is 5. The van der Waals surface area contributed by atoms with E-state index in [9.17, 15) is 24.0 Å². The molecule has 0 radical (unpaired) electrons. The minimum atomic E-state index is -0.970. The van der Waals surface area contributed by atoms with Gasteiger partial charge in [0.25, 0.3) is 0 Å². The van der Waals surface area contributed by atoms with E-state index in [0.717, 1.165) is 16.3 Å². The van der Waals surface area contributed by atoms with Gasteiger partial charge in [0.05, 0.1) is 13.0 Å². The number of nitrogens with two attached hydrogens (primary N) is 4.